The summed E-state index contributed by atoms with van der Waals surface area (Å²) in [6.45, 7) is 9.18. The molecule has 0 aliphatic carbocycles. The predicted octanol–water partition coefficient (Wildman–Crippen LogP) is 2.11. The normalized spacial score (nSPS) is 13.4. The molecule has 1 aromatic carbocycles. The molecule has 0 aromatic heterocycles. The number of carbonyl (C=O) groups is 3. The fourth-order valence-electron chi connectivity index (χ4n) is 2.49. The van der Waals surface area contributed by atoms with E-state index in [4.69, 9.17) is 15.2 Å². The van der Waals surface area contributed by atoms with Crippen LogP contribution in [0.15, 0.2) is 30.3 Å². The van der Waals surface area contributed by atoms with Crippen molar-refractivity contribution < 1.29 is 23.9 Å². The zero-order chi connectivity index (χ0) is 22.0. The van der Waals surface area contributed by atoms with Gasteiger partial charge in [0.05, 0.1) is 13.2 Å². The number of primary amides is 1. The van der Waals surface area contributed by atoms with Crippen LogP contribution >= 0.6 is 0 Å². The number of nitrogens with two attached hydrogens (primary N) is 1. The number of hydrogen-bond donors (Lipinski definition) is 3. The molecule has 4 N–H and O–H groups in total. The fraction of sp³-hybridized carbons (Fsp3) is 0.571. The summed E-state index contributed by atoms with van der Waals surface area (Å²) < 4.78 is 10.8. The van der Waals surface area contributed by atoms with E-state index in [-0.39, 0.29) is 19.1 Å². The van der Waals surface area contributed by atoms with Crippen LogP contribution in [0.2, 0.25) is 0 Å². The van der Waals surface area contributed by atoms with Crippen molar-refractivity contribution in [1.29, 1.82) is 0 Å². The zero-order valence-corrected chi connectivity index (χ0v) is 17.9. The van der Waals surface area contributed by atoms with Gasteiger partial charge in [0.1, 0.15) is 17.7 Å². The second-order valence-corrected chi connectivity index (χ2v) is 8.29. The summed E-state index contributed by atoms with van der Waals surface area (Å²) in [6, 6.07) is 7.56. The van der Waals surface area contributed by atoms with Gasteiger partial charge >= 0.3 is 6.09 Å². The molecule has 0 radical (unpaired) electrons. The largest absolute Gasteiger partial charge is 0.444 e. The van der Waals surface area contributed by atoms with Crippen LogP contribution in [0.4, 0.5) is 4.79 Å². The van der Waals surface area contributed by atoms with Gasteiger partial charge in [-0.05, 0) is 38.7 Å². The highest BCUT2D eigenvalue weighted by molar-refractivity contribution is 5.90. The Morgan fingerprint density at radius 1 is 1.03 bits per heavy atom. The molecule has 162 valence electrons. The van der Waals surface area contributed by atoms with Gasteiger partial charge in [-0.25, -0.2) is 4.79 Å². The first kappa shape index (κ1) is 24.4. The Hall–Kier alpha value is -2.61. The molecule has 8 heteroatoms. The Morgan fingerprint density at radius 3 is 2.17 bits per heavy atom. The maximum absolute atomic E-state index is 12.7. The van der Waals surface area contributed by atoms with Crippen molar-refractivity contribution in [3.63, 3.8) is 0 Å². The quantitative estimate of drug-likeness (QED) is 0.549. The molecule has 1 aromatic rings. The van der Waals surface area contributed by atoms with E-state index < -0.39 is 35.6 Å². The molecule has 3 amide bonds. The summed E-state index contributed by atoms with van der Waals surface area (Å²) in [5, 5.41) is 5.11. The highest BCUT2D eigenvalue weighted by atomic mass is 16.6. The van der Waals surface area contributed by atoms with E-state index in [2.05, 4.69) is 10.6 Å². The minimum atomic E-state index is -1.04. The Balaban J connectivity index is 2.79. The van der Waals surface area contributed by atoms with Crippen LogP contribution in [0.3, 0.4) is 0 Å². The molecule has 0 heterocycles. The molecule has 0 spiro atoms. The third-order valence-electron chi connectivity index (χ3n) is 3.77. The van der Waals surface area contributed by atoms with Crippen molar-refractivity contribution in [2.24, 2.45) is 11.7 Å². The molecular formula is C21H33N3O5. The van der Waals surface area contributed by atoms with Crippen molar-refractivity contribution in [2.75, 3.05) is 6.61 Å². The smallest absolute Gasteiger partial charge is 0.408 e. The lowest BCUT2D eigenvalue weighted by Gasteiger charge is -2.25. The van der Waals surface area contributed by atoms with Gasteiger partial charge in [-0.15, -0.1) is 0 Å². The van der Waals surface area contributed by atoms with Crippen molar-refractivity contribution in [3.8, 4) is 0 Å². The molecule has 2 atom stereocenters. The van der Waals surface area contributed by atoms with Gasteiger partial charge in [0, 0.05) is 0 Å². The molecular weight excluding hydrogens is 374 g/mol. The minimum Gasteiger partial charge on any atom is -0.444 e. The summed E-state index contributed by atoms with van der Waals surface area (Å²) in [5.74, 6) is -1.04. The number of carbonyl (C=O) groups excluding carboxylic acids is 3. The molecule has 0 aliphatic heterocycles. The van der Waals surface area contributed by atoms with Crippen LogP contribution in [0.5, 0.6) is 0 Å². The van der Waals surface area contributed by atoms with Crippen molar-refractivity contribution in [3.05, 3.63) is 35.9 Å². The van der Waals surface area contributed by atoms with Gasteiger partial charge in [-0.2, -0.15) is 0 Å². The van der Waals surface area contributed by atoms with Gasteiger partial charge in [-0.3, -0.25) is 9.59 Å². The molecule has 0 bridgehead atoms. The van der Waals surface area contributed by atoms with E-state index in [0.717, 1.165) is 5.56 Å². The van der Waals surface area contributed by atoms with Gasteiger partial charge in [-0.1, -0.05) is 44.2 Å². The van der Waals surface area contributed by atoms with E-state index in [1.54, 1.807) is 20.8 Å². The van der Waals surface area contributed by atoms with Crippen LogP contribution in [0.25, 0.3) is 0 Å². The molecule has 0 saturated heterocycles. The topological polar surface area (TPSA) is 120 Å². The van der Waals surface area contributed by atoms with Crippen molar-refractivity contribution >= 4 is 17.9 Å². The lowest BCUT2D eigenvalue weighted by atomic mass is 10.0. The average molecular weight is 408 g/mol. The number of nitrogens with one attached hydrogen (secondary N) is 2. The first-order valence-corrected chi connectivity index (χ1v) is 9.69. The number of alkyl carbamates (subject to hydrolysis) is 1. The lowest BCUT2D eigenvalue weighted by Crippen LogP contribution is -2.55. The summed E-state index contributed by atoms with van der Waals surface area (Å²) in [7, 11) is 0. The first-order valence-electron chi connectivity index (χ1n) is 9.69. The Morgan fingerprint density at radius 2 is 1.66 bits per heavy atom. The Labute approximate surface area is 172 Å². The second kappa shape index (κ2) is 11.4. The number of amides is 3. The Bertz CT molecular complexity index is 671. The maximum Gasteiger partial charge on any atom is 0.408 e. The maximum atomic E-state index is 12.7. The summed E-state index contributed by atoms with van der Waals surface area (Å²) in [6.07, 6.45) is -0.356. The molecule has 8 nitrogen and oxygen atoms in total. The lowest BCUT2D eigenvalue weighted by molar-refractivity contribution is -0.130. The number of ether oxygens (including phenoxy) is 2. The Kier molecular flexibility index (Phi) is 9.61. The number of benzene rings is 1. The van der Waals surface area contributed by atoms with Gasteiger partial charge in [0.25, 0.3) is 0 Å². The van der Waals surface area contributed by atoms with E-state index in [9.17, 15) is 14.4 Å². The highest BCUT2D eigenvalue weighted by Crippen LogP contribution is 2.08. The van der Waals surface area contributed by atoms with Crippen molar-refractivity contribution in [2.45, 2.75) is 65.3 Å². The van der Waals surface area contributed by atoms with Crippen LogP contribution in [-0.4, -0.2) is 42.2 Å². The van der Waals surface area contributed by atoms with Crippen LogP contribution in [-0.2, 0) is 25.7 Å². The minimum absolute atomic E-state index is 0.0901. The fourth-order valence-corrected chi connectivity index (χ4v) is 2.49. The standard InChI is InChI=1S/C21H33N3O5/c1-14(2)11-16(18(22)25)23-19(26)17(24-20(27)29-21(3,4)5)13-28-12-15-9-7-6-8-10-15/h6-10,14,16-17H,11-13H2,1-5H3,(H2,22,25)(H,23,26)(H,24,27)/t16-,17-/m1/s1. The monoisotopic (exact) mass is 407 g/mol. The zero-order valence-electron chi connectivity index (χ0n) is 17.9. The van der Waals surface area contributed by atoms with Gasteiger partial charge < -0.3 is 25.8 Å². The SMILES string of the molecule is CC(C)C[C@@H](NC(=O)[C@@H](COCc1ccccc1)NC(=O)OC(C)(C)C)C(N)=O. The molecule has 0 aliphatic rings. The second-order valence-electron chi connectivity index (χ2n) is 8.29. The molecule has 1 rings (SSSR count). The van der Waals surface area contributed by atoms with E-state index >= 15 is 0 Å². The molecule has 29 heavy (non-hydrogen) atoms. The van der Waals surface area contributed by atoms with E-state index in [1.165, 1.54) is 0 Å². The predicted molar refractivity (Wildman–Crippen MR) is 110 cm³/mol. The molecule has 0 unspecified atom stereocenters. The van der Waals surface area contributed by atoms with Gasteiger partial charge in [0.15, 0.2) is 0 Å². The highest BCUT2D eigenvalue weighted by Gasteiger charge is 2.28. The van der Waals surface area contributed by atoms with Crippen molar-refractivity contribution in [1.82, 2.24) is 10.6 Å². The first-order chi connectivity index (χ1) is 13.5. The number of rotatable bonds is 10. The summed E-state index contributed by atoms with van der Waals surface area (Å²) in [4.78, 5) is 36.5. The van der Waals surface area contributed by atoms with Gasteiger partial charge in [0.2, 0.25) is 11.8 Å². The van der Waals surface area contributed by atoms with E-state index in [0.29, 0.717) is 6.42 Å². The third-order valence-corrected chi connectivity index (χ3v) is 3.77. The van der Waals surface area contributed by atoms with Crippen LogP contribution < -0.4 is 16.4 Å². The van der Waals surface area contributed by atoms with E-state index in [1.807, 2.05) is 44.2 Å². The van der Waals surface area contributed by atoms with Crippen LogP contribution in [0, 0.1) is 5.92 Å². The summed E-state index contributed by atoms with van der Waals surface area (Å²) >= 11 is 0. The average Bonchev–Trinajstić information content (AvgIpc) is 2.59. The number of hydrogen-bond acceptors (Lipinski definition) is 5. The van der Waals surface area contributed by atoms with Crippen LogP contribution in [0.1, 0.15) is 46.6 Å². The molecule has 0 fully saturated rings. The molecule has 0 saturated carbocycles. The summed E-state index contributed by atoms with van der Waals surface area (Å²) in [5.41, 5.74) is 5.61. The third kappa shape index (κ3) is 10.5.